The molecule has 0 bridgehead atoms. The molecular formula is C17H19ClN2O2S. The molecular weight excluding hydrogens is 332 g/mol. The van der Waals surface area contributed by atoms with Gasteiger partial charge < -0.3 is 4.90 Å². The summed E-state index contributed by atoms with van der Waals surface area (Å²) in [6.07, 6.45) is 1.82. The Morgan fingerprint density at radius 1 is 1.13 bits per heavy atom. The molecule has 0 fully saturated rings. The minimum atomic E-state index is -3.49. The van der Waals surface area contributed by atoms with E-state index in [2.05, 4.69) is 27.8 Å². The van der Waals surface area contributed by atoms with Crippen molar-refractivity contribution >= 4 is 27.3 Å². The second kappa shape index (κ2) is 6.91. The van der Waals surface area contributed by atoms with Gasteiger partial charge in [0.2, 0.25) is 10.0 Å². The Kier molecular flexibility index (Phi) is 4.90. The summed E-state index contributed by atoms with van der Waals surface area (Å²) in [5, 5.41) is 0.418. The van der Waals surface area contributed by atoms with Gasteiger partial charge >= 0.3 is 0 Å². The van der Waals surface area contributed by atoms with E-state index in [1.54, 1.807) is 18.2 Å². The van der Waals surface area contributed by atoms with Gasteiger partial charge in [-0.15, -0.1) is 0 Å². The number of fused-ring (bicyclic) bond motifs is 1. The monoisotopic (exact) mass is 350 g/mol. The summed E-state index contributed by atoms with van der Waals surface area (Å²) in [5.41, 5.74) is 2.64. The molecule has 2 aromatic carbocycles. The summed E-state index contributed by atoms with van der Waals surface area (Å²) in [6.45, 7) is 2.25. The second-order valence-corrected chi connectivity index (χ2v) is 7.78. The van der Waals surface area contributed by atoms with Crippen LogP contribution in [0.5, 0.6) is 0 Å². The van der Waals surface area contributed by atoms with Crippen molar-refractivity contribution in [1.82, 2.24) is 4.72 Å². The highest BCUT2D eigenvalue weighted by atomic mass is 35.5. The first-order chi connectivity index (χ1) is 11.1. The maximum atomic E-state index is 12.2. The molecule has 1 heterocycles. The smallest absolute Gasteiger partial charge is 0.240 e. The van der Waals surface area contributed by atoms with Crippen LogP contribution in [0, 0.1) is 0 Å². The topological polar surface area (TPSA) is 49.4 Å². The summed E-state index contributed by atoms with van der Waals surface area (Å²) in [7, 11) is -3.49. The lowest BCUT2D eigenvalue weighted by molar-refractivity contribution is 0.578. The van der Waals surface area contributed by atoms with Gasteiger partial charge in [0.05, 0.1) is 4.90 Å². The number of nitrogens with one attached hydrogen (secondary N) is 1. The number of hydrogen-bond acceptors (Lipinski definition) is 3. The lowest BCUT2D eigenvalue weighted by Crippen LogP contribution is -2.29. The number of benzene rings is 2. The lowest BCUT2D eigenvalue weighted by Gasteiger charge is -2.19. The molecule has 23 heavy (non-hydrogen) atoms. The maximum absolute atomic E-state index is 12.2. The molecule has 0 unspecified atom stereocenters. The van der Waals surface area contributed by atoms with E-state index in [0.29, 0.717) is 11.6 Å². The number of para-hydroxylation sites is 1. The van der Waals surface area contributed by atoms with Crippen molar-refractivity contribution in [3.63, 3.8) is 0 Å². The van der Waals surface area contributed by atoms with E-state index in [-0.39, 0.29) is 4.90 Å². The minimum absolute atomic E-state index is 0.205. The van der Waals surface area contributed by atoms with Crippen molar-refractivity contribution in [2.24, 2.45) is 0 Å². The maximum Gasteiger partial charge on any atom is 0.240 e. The fourth-order valence-corrected chi connectivity index (χ4v) is 4.21. The Balaban J connectivity index is 1.52. The van der Waals surface area contributed by atoms with E-state index < -0.39 is 10.0 Å². The van der Waals surface area contributed by atoms with Gasteiger partial charge in [0.15, 0.2) is 0 Å². The third-order valence-electron chi connectivity index (χ3n) is 3.99. The fourth-order valence-electron chi connectivity index (χ4n) is 2.83. The van der Waals surface area contributed by atoms with Crippen molar-refractivity contribution in [3.8, 4) is 0 Å². The first-order valence-corrected chi connectivity index (χ1v) is 9.50. The quantitative estimate of drug-likeness (QED) is 0.814. The molecule has 0 radical (unpaired) electrons. The lowest BCUT2D eigenvalue weighted by atomic mass is 10.2. The Hall–Kier alpha value is -1.56. The molecule has 3 rings (SSSR count). The molecule has 2 aromatic rings. The normalized spacial score (nSPS) is 14.0. The average Bonchev–Trinajstić information content (AvgIpc) is 2.95. The predicted molar refractivity (Wildman–Crippen MR) is 93.6 cm³/mol. The van der Waals surface area contributed by atoms with Crippen LogP contribution in [0.3, 0.4) is 0 Å². The van der Waals surface area contributed by atoms with Crippen LogP contribution in [0.15, 0.2) is 53.4 Å². The molecule has 122 valence electrons. The van der Waals surface area contributed by atoms with Crippen LogP contribution in [-0.4, -0.2) is 28.1 Å². The van der Waals surface area contributed by atoms with Gasteiger partial charge in [-0.1, -0.05) is 35.9 Å². The summed E-state index contributed by atoms with van der Waals surface area (Å²) in [5.74, 6) is 0. The van der Waals surface area contributed by atoms with Gasteiger partial charge in [-0.3, -0.25) is 0 Å². The molecule has 0 aromatic heterocycles. The second-order valence-electron chi connectivity index (χ2n) is 5.57. The predicted octanol–water partition coefficient (Wildman–Crippen LogP) is 3.07. The molecule has 0 spiro atoms. The van der Waals surface area contributed by atoms with Gasteiger partial charge in [-0.2, -0.15) is 0 Å². The van der Waals surface area contributed by atoms with Crippen molar-refractivity contribution in [2.45, 2.75) is 17.7 Å². The zero-order valence-electron chi connectivity index (χ0n) is 12.7. The molecule has 0 atom stereocenters. The molecule has 6 heteroatoms. The Morgan fingerprint density at radius 2 is 1.96 bits per heavy atom. The largest absolute Gasteiger partial charge is 0.371 e. The molecule has 1 aliphatic rings. The van der Waals surface area contributed by atoms with Crippen molar-refractivity contribution < 1.29 is 8.42 Å². The average molecular weight is 351 g/mol. The zero-order valence-corrected chi connectivity index (χ0v) is 14.3. The van der Waals surface area contributed by atoms with Crippen molar-refractivity contribution in [2.75, 3.05) is 24.5 Å². The van der Waals surface area contributed by atoms with Crippen LogP contribution in [-0.2, 0) is 16.4 Å². The minimum Gasteiger partial charge on any atom is -0.371 e. The third kappa shape index (κ3) is 3.86. The van der Waals surface area contributed by atoms with Crippen molar-refractivity contribution in [3.05, 3.63) is 59.1 Å². The van der Waals surface area contributed by atoms with Crippen LogP contribution in [0.2, 0.25) is 5.02 Å². The number of sulfonamides is 1. The molecule has 4 nitrogen and oxygen atoms in total. The van der Waals surface area contributed by atoms with Crippen LogP contribution in [0.4, 0.5) is 5.69 Å². The van der Waals surface area contributed by atoms with Gasteiger partial charge in [0, 0.05) is 30.3 Å². The van der Waals surface area contributed by atoms with Crippen LogP contribution >= 0.6 is 11.6 Å². The van der Waals surface area contributed by atoms with E-state index in [9.17, 15) is 8.42 Å². The highest BCUT2D eigenvalue weighted by Crippen LogP contribution is 2.27. The highest BCUT2D eigenvalue weighted by Gasteiger charge is 2.18. The molecule has 1 aliphatic heterocycles. The highest BCUT2D eigenvalue weighted by molar-refractivity contribution is 7.89. The number of rotatable bonds is 6. The molecule has 0 aliphatic carbocycles. The van der Waals surface area contributed by atoms with Crippen molar-refractivity contribution in [1.29, 1.82) is 0 Å². The Morgan fingerprint density at radius 3 is 2.78 bits per heavy atom. The third-order valence-corrected chi connectivity index (χ3v) is 5.68. The summed E-state index contributed by atoms with van der Waals surface area (Å²) >= 11 is 5.85. The fraction of sp³-hybridized carbons (Fsp3) is 0.294. The summed E-state index contributed by atoms with van der Waals surface area (Å²) in [6, 6.07) is 14.7. The van der Waals surface area contributed by atoms with Gasteiger partial charge in [-0.05, 0) is 42.7 Å². The standard InChI is InChI=1S/C17H19ClN2O2S/c18-15-6-3-7-16(13-15)23(21,22)19-10-4-11-20-12-9-14-5-1-2-8-17(14)20/h1-3,5-8,13,19H,4,9-12H2. The summed E-state index contributed by atoms with van der Waals surface area (Å²) in [4.78, 5) is 2.51. The molecule has 0 saturated carbocycles. The van der Waals surface area contributed by atoms with E-state index in [1.807, 2.05) is 6.07 Å². The number of nitrogens with zero attached hydrogens (tertiary/aromatic N) is 1. The van der Waals surface area contributed by atoms with Gasteiger partial charge in [0.1, 0.15) is 0 Å². The zero-order chi connectivity index (χ0) is 16.3. The molecule has 0 saturated heterocycles. The number of halogens is 1. The van der Waals surface area contributed by atoms with E-state index >= 15 is 0 Å². The number of anilines is 1. The summed E-state index contributed by atoms with van der Waals surface area (Å²) < 4.78 is 27.0. The Bertz CT molecular complexity index is 793. The van der Waals surface area contributed by atoms with Crippen LogP contribution in [0.25, 0.3) is 0 Å². The van der Waals surface area contributed by atoms with E-state index in [1.165, 1.54) is 17.3 Å². The Labute approximate surface area is 142 Å². The number of hydrogen-bond donors (Lipinski definition) is 1. The SMILES string of the molecule is O=S(=O)(NCCCN1CCc2ccccc21)c1cccc(Cl)c1. The van der Waals surface area contributed by atoms with Crippen LogP contribution < -0.4 is 9.62 Å². The van der Waals surface area contributed by atoms with E-state index in [4.69, 9.17) is 11.6 Å². The van der Waals surface area contributed by atoms with Gasteiger partial charge in [-0.25, -0.2) is 13.1 Å². The van der Waals surface area contributed by atoms with Gasteiger partial charge in [0.25, 0.3) is 0 Å². The first kappa shape index (κ1) is 16.3. The molecule has 0 amide bonds. The van der Waals surface area contributed by atoms with Crippen LogP contribution in [0.1, 0.15) is 12.0 Å². The molecule has 1 N–H and O–H groups in total. The van der Waals surface area contributed by atoms with E-state index in [0.717, 1.165) is 25.9 Å². The first-order valence-electron chi connectivity index (χ1n) is 7.64.